The molecule has 2 nitrogen and oxygen atoms in total. The molecule has 0 amide bonds. The molecule has 2 heteroatoms. The molecule has 1 heterocycles. The average Bonchev–Trinajstić information content (AvgIpc) is 2.59. The van der Waals surface area contributed by atoms with E-state index in [-0.39, 0.29) is 0 Å². The van der Waals surface area contributed by atoms with Crippen molar-refractivity contribution in [1.82, 2.24) is 5.32 Å². The van der Waals surface area contributed by atoms with Crippen LogP contribution in [0, 0.1) is 0 Å². The number of hydrogen-bond donors (Lipinski definition) is 2. The number of aliphatic hydroxyl groups excluding tert-OH is 1. The van der Waals surface area contributed by atoms with Crippen molar-refractivity contribution in [3.8, 4) is 0 Å². The second kappa shape index (κ2) is 4.97. The molecule has 1 saturated heterocycles. The maximum absolute atomic E-state index is 8.83. The van der Waals surface area contributed by atoms with Crippen molar-refractivity contribution in [2.75, 3.05) is 6.61 Å². The zero-order valence-corrected chi connectivity index (χ0v) is 8.97. The molecule has 1 aliphatic heterocycles. The third-order valence-electron chi connectivity index (χ3n) is 3.46. The van der Waals surface area contributed by atoms with Gasteiger partial charge in [-0.15, -0.1) is 0 Å². The first-order valence-electron chi connectivity index (χ1n) is 5.65. The first-order valence-corrected chi connectivity index (χ1v) is 5.65. The molecule has 1 aliphatic rings. The largest absolute Gasteiger partial charge is 0.396 e. The quantitative estimate of drug-likeness (QED) is 0.687. The van der Waals surface area contributed by atoms with Crippen LogP contribution in [0.3, 0.4) is 0 Å². The molecule has 0 aromatic carbocycles. The first-order chi connectivity index (χ1) is 6.26. The number of hydrogen-bond acceptors (Lipinski definition) is 2. The van der Waals surface area contributed by atoms with Crippen LogP contribution in [0.4, 0.5) is 0 Å². The van der Waals surface area contributed by atoms with E-state index in [4.69, 9.17) is 5.11 Å². The van der Waals surface area contributed by atoms with Gasteiger partial charge < -0.3 is 10.4 Å². The zero-order chi connectivity index (χ0) is 9.73. The summed E-state index contributed by atoms with van der Waals surface area (Å²) in [5.74, 6) is 0. The smallest absolute Gasteiger partial charge is 0.0431 e. The minimum atomic E-state index is 0.334. The summed E-state index contributed by atoms with van der Waals surface area (Å²) in [5.41, 5.74) is 0.351. The number of aliphatic hydroxyl groups is 1. The van der Waals surface area contributed by atoms with E-state index in [1.807, 2.05) is 0 Å². The van der Waals surface area contributed by atoms with E-state index >= 15 is 0 Å². The van der Waals surface area contributed by atoms with E-state index in [0.29, 0.717) is 12.1 Å². The second-order valence-electron chi connectivity index (χ2n) is 4.25. The van der Waals surface area contributed by atoms with Crippen LogP contribution in [0.2, 0.25) is 0 Å². The molecule has 78 valence electrons. The van der Waals surface area contributed by atoms with Crippen molar-refractivity contribution in [3.63, 3.8) is 0 Å². The van der Waals surface area contributed by atoms with Gasteiger partial charge in [-0.25, -0.2) is 0 Å². The van der Waals surface area contributed by atoms with Gasteiger partial charge >= 0.3 is 0 Å². The Kier molecular flexibility index (Phi) is 4.20. The van der Waals surface area contributed by atoms with Gasteiger partial charge in [-0.3, -0.25) is 0 Å². The Morgan fingerprint density at radius 1 is 1.46 bits per heavy atom. The number of rotatable bonds is 5. The Labute approximate surface area is 81.7 Å². The van der Waals surface area contributed by atoms with E-state index in [1.165, 1.54) is 25.7 Å². The fraction of sp³-hybridized carbons (Fsp3) is 1.00. The van der Waals surface area contributed by atoms with E-state index in [9.17, 15) is 0 Å². The minimum Gasteiger partial charge on any atom is -0.396 e. The molecule has 2 atom stereocenters. The summed E-state index contributed by atoms with van der Waals surface area (Å²) in [6.45, 7) is 4.83. The summed E-state index contributed by atoms with van der Waals surface area (Å²) in [7, 11) is 0. The lowest BCUT2D eigenvalue weighted by molar-refractivity contribution is 0.241. The van der Waals surface area contributed by atoms with Gasteiger partial charge in [0.25, 0.3) is 0 Å². The fourth-order valence-corrected chi connectivity index (χ4v) is 2.40. The van der Waals surface area contributed by atoms with Gasteiger partial charge in [0.1, 0.15) is 0 Å². The lowest BCUT2D eigenvalue weighted by Crippen LogP contribution is -2.42. The van der Waals surface area contributed by atoms with Gasteiger partial charge in [0.15, 0.2) is 0 Å². The highest BCUT2D eigenvalue weighted by Gasteiger charge is 2.35. The highest BCUT2D eigenvalue weighted by molar-refractivity contribution is 4.96. The highest BCUT2D eigenvalue weighted by Crippen LogP contribution is 2.31. The second-order valence-corrected chi connectivity index (χ2v) is 4.25. The summed E-state index contributed by atoms with van der Waals surface area (Å²) in [6, 6.07) is 0.721. The molecule has 13 heavy (non-hydrogen) atoms. The van der Waals surface area contributed by atoms with E-state index < -0.39 is 0 Å². The van der Waals surface area contributed by atoms with Crippen molar-refractivity contribution in [2.45, 2.75) is 64.0 Å². The molecule has 0 aliphatic carbocycles. The van der Waals surface area contributed by atoms with Crippen molar-refractivity contribution >= 4 is 0 Å². The zero-order valence-electron chi connectivity index (χ0n) is 8.97. The predicted octanol–water partition coefficient (Wildman–Crippen LogP) is 2.07. The van der Waals surface area contributed by atoms with Crippen LogP contribution in [-0.4, -0.2) is 23.3 Å². The Balaban J connectivity index is 2.42. The summed E-state index contributed by atoms with van der Waals surface area (Å²) >= 11 is 0. The Morgan fingerprint density at radius 2 is 2.23 bits per heavy atom. The fourth-order valence-electron chi connectivity index (χ4n) is 2.40. The average molecular weight is 185 g/mol. The maximum atomic E-state index is 8.83. The normalized spacial score (nSPS) is 33.9. The molecule has 0 radical (unpaired) electrons. The molecule has 1 fully saturated rings. The van der Waals surface area contributed by atoms with Crippen LogP contribution >= 0.6 is 0 Å². The minimum absolute atomic E-state index is 0.334. The van der Waals surface area contributed by atoms with E-state index in [2.05, 4.69) is 19.2 Å². The monoisotopic (exact) mass is 185 g/mol. The van der Waals surface area contributed by atoms with Gasteiger partial charge in [-0.2, -0.15) is 0 Å². The standard InChI is InChI=1S/C11H23NO/c1-3-10-6-8-11(4-2,12-10)7-5-9-13/h10,12-13H,3-9H2,1-2H3. The summed E-state index contributed by atoms with van der Waals surface area (Å²) in [4.78, 5) is 0. The third kappa shape index (κ3) is 2.68. The third-order valence-corrected chi connectivity index (χ3v) is 3.46. The van der Waals surface area contributed by atoms with Crippen LogP contribution < -0.4 is 5.32 Å². The highest BCUT2D eigenvalue weighted by atomic mass is 16.2. The Bertz CT molecular complexity index is 149. The van der Waals surface area contributed by atoms with Gasteiger partial charge in [0.05, 0.1) is 0 Å². The van der Waals surface area contributed by atoms with Gasteiger partial charge in [-0.05, 0) is 38.5 Å². The van der Waals surface area contributed by atoms with Crippen LogP contribution in [0.25, 0.3) is 0 Å². The molecule has 2 unspecified atom stereocenters. The molecule has 0 bridgehead atoms. The van der Waals surface area contributed by atoms with Crippen LogP contribution in [-0.2, 0) is 0 Å². The molecule has 0 saturated carbocycles. The molecule has 0 aromatic rings. The maximum Gasteiger partial charge on any atom is 0.0431 e. The Hall–Kier alpha value is -0.0800. The van der Waals surface area contributed by atoms with Crippen molar-refractivity contribution < 1.29 is 5.11 Å². The molecule has 0 spiro atoms. The summed E-state index contributed by atoms with van der Waals surface area (Å²) in [6.07, 6.45) is 7.12. The molecule has 1 rings (SSSR count). The summed E-state index contributed by atoms with van der Waals surface area (Å²) in [5, 5.41) is 12.6. The van der Waals surface area contributed by atoms with E-state index in [0.717, 1.165) is 18.9 Å². The van der Waals surface area contributed by atoms with Gasteiger partial charge in [0, 0.05) is 18.2 Å². The van der Waals surface area contributed by atoms with E-state index in [1.54, 1.807) is 0 Å². The molecule has 2 N–H and O–H groups in total. The SMILES string of the molecule is CCC1CCC(CC)(CCCO)N1. The molecular weight excluding hydrogens is 162 g/mol. The molecule has 0 aromatic heterocycles. The molecular formula is C11H23NO. The summed E-state index contributed by atoms with van der Waals surface area (Å²) < 4.78 is 0. The Morgan fingerprint density at radius 3 is 2.69 bits per heavy atom. The van der Waals surface area contributed by atoms with Gasteiger partial charge in [-0.1, -0.05) is 13.8 Å². The van der Waals surface area contributed by atoms with Crippen LogP contribution in [0.1, 0.15) is 52.4 Å². The number of nitrogens with one attached hydrogen (secondary N) is 1. The lowest BCUT2D eigenvalue weighted by atomic mass is 9.89. The van der Waals surface area contributed by atoms with Gasteiger partial charge in [0.2, 0.25) is 0 Å². The topological polar surface area (TPSA) is 32.3 Å². The van der Waals surface area contributed by atoms with Crippen LogP contribution in [0.15, 0.2) is 0 Å². The van der Waals surface area contributed by atoms with Crippen molar-refractivity contribution in [2.24, 2.45) is 0 Å². The predicted molar refractivity (Wildman–Crippen MR) is 55.8 cm³/mol. The van der Waals surface area contributed by atoms with Crippen LogP contribution in [0.5, 0.6) is 0 Å². The van der Waals surface area contributed by atoms with Crippen molar-refractivity contribution in [1.29, 1.82) is 0 Å². The lowest BCUT2D eigenvalue weighted by Gasteiger charge is -2.29. The first kappa shape index (κ1) is 11.0. The van der Waals surface area contributed by atoms with Crippen molar-refractivity contribution in [3.05, 3.63) is 0 Å².